The fourth-order valence-electron chi connectivity index (χ4n) is 5.31. The SMILES string of the molecule is CCOC(=O)N1CCN(C(=O)C2C3C(=O)N(c4cccc(OC)c4)C[C@@]34C=C[C@H]2O4)CC1. The number of rotatable bonds is 4. The van der Waals surface area contributed by atoms with Gasteiger partial charge >= 0.3 is 6.09 Å². The first-order valence-corrected chi connectivity index (χ1v) is 11.0. The number of hydrogen-bond acceptors (Lipinski definition) is 6. The van der Waals surface area contributed by atoms with Crippen molar-refractivity contribution in [3.63, 3.8) is 0 Å². The summed E-state index contributed by atoms with van der Waals surface area (Å²) in [5, 5.41) is 0. The van der Waals surface area contributed by atoms with Crippen molar-refractivity contribution < 1.29 is 28.6 Å². The lowest BCUT2D eigenvalue weighted by Crippen LogP contribution is -2.54. The molecule has 0 aliphatic carbocycles. The zero-order chi connectivity index (χ0) is 22.5. The molecule has 3 fully saturated rings. The Labute approximate surface area is 186 Å². The summed E-state index contributed by atoms with van der Waals surface area (Å²) >= 11 is 0. The van der Waals surface area contributed by atoms with Crippen LogP contribution in [-0.4, -0.2) is 85.9 Å². The Kier molecular flexibility index (Phi) is 5.08. The molecular weight excluding hydrogens is 414 g/mol. The van der Waals surface area contributed by atoms with E-state index < -0.39 is 23.5 Å². The molecule has 1 spiro atoms. The summed E-state index contributed by atoms with van der Waals surface area (Å²) in [6, 6.07) is 7.34. The van der Waals surface area contributed by atoms with Gasteiger partial charge in [0.15, 0.2) is 0 Å². The van der Waals surface area contributed by atoms with Crippen LogP contribution in [0.3, 0.4) is 0 Å². The van der Waals surface area contributed by atoms with E-state index in [0.717, 1.165) is 5.69 Å². The molecule has 4 heterocycles. The number of anilines is 1. The van der Waals surface area contributed by atoms with Crippen LogP contribution in [0, 0.1) is 11.8 Å². The van der Waals surface area contributed by atoms with Crippen LogP contribution < -0.4 is 9.64 Å². The molecule has 4 atom stereocenters. The van der Waals surface area contributed by atoms with Crippen LogP contribution >= 0.6 is 0 Å². The third-order valence-corrected chi connectivity index (χ3v) is 6.87. The maximum atomic E-state index is 13.5. The number of ether oxygens (including phenoxy) is 3. The van der Waals surface area contributed by atoms with Gasteiger partial charge in [-0.05, 0) is 19.1 Å². The number of fused-ring (bicyclic) bond motifs is 1. The van der Waals surface area contributed by atoms with Gasteiger partial charge < -0.3 is 28.9 Å². The predicted octanol–water partition coefficient (Wildman–Crippen LogP) is 1.28. The van der Waals surface area contributed by atoms with Crippen LogP contribution in [-0.2, 0) is 19.1 Å². The molecule has 4 aliphatic heterocycles. The quantitative estimate of drug-likeness (QED) is 0.654. The lowest BCUT2D eigenvalue weighted by atomic mass is 9.76. The van der Waals surface area contributed by atoms with E-state index in [1.807, 2.05) is 36.4 Å². The molecule has 0 saturated carbocycles. The zero-order valence-corrected chi connectivity index (χ0v) is 18.2. The smallest absolute Gasteiger partial charge is 0.409 e. The Morgan fingerprint density at radius 3 is 2.66 bits per heavy atom. The first-order chi connectivity index (χ1) is 15.5. The van der Waals surface area contributed by atoms with Gasteiger partial charge in [-0.1, -0.05) is 18.2 Å². The van der Waals surface area contributed by atoms with Crippen LogP contribution in [0.2, 0.25) is 0 Å². The average molecular weight is 441 g/mol. The highest BCUT2D eigenvalue weighted by atomic mass is 16.6. The first-order valence-electron chi connectivity index (χ1n) is 11.0. The second-order valence-electron chi connectivity index (χ2n) is 8.54. The lowest BCUT2D eigenvalue weighted by molar-refractivity contribution is -0.141. The van der Waals surface area contributed by atoms with Gasteiger partial charge in [-0.3, -0.25) is 9.59 Å². The van der Waals surface area contributed by atoms with E-state index in [1.54, 1.807) is 28.7 Å². The van der Waals surface area contributed by atoms with Gasteiger partial charge in [0.1, 0.15) is 11.4 Å². The number of nitrogens with zero attached hydrogens (tertiary/aromatic N) is 3. The molecule has 9 heteroatoms. The van der Waals surface area contributed by atoms with Crippen LogP contribution in [0.25, 0.3) is 0 Å². The van der Waals surface area contributed by atoms with Crippen molar-refractivity contribution in [2.45, 2.75) is 18.6 Å². The topological polar surface area (TPSA) is 88.6 Å². The standard InChI is InChI=1S/C23H27N3O6/c1-3-31-22(29)25-11-9-24(10-12-25)20(27)18-17-7-8-23(32-17)14-26(21(28)19(18)23)15-5-4-6-16(13-15)30-2/h4-8,13,17-19H,3,9-12,14H2,1-2H3/t17-,18?,19?,23+/m1/s1. The largest absolute Gasteiger partial charge is 0.497 e. The zero-order valence-electron chi connectivity index (χ0n) is 18.2. The number of hydrogen-bond donors (Lipinski definition) is 0. The van der Waals surface area contributed by atoms with E-state index in [2.05, 4.69) is 0 Å². The van der Waals surface area contributed by atoms with Gasteiger partial charge in [0.2, 0.25) is 11.8 Å². The Hall–Kier alpha value is -3.07. The number of methoxy groups -OCH3 is 1. The van der Waals surface area contributed by atoms with E-state index >= 15 is 0 Å². The number of piperazine rings is 1. The Morgan fingerprint density at radius 1 is 1.19 bits per heavy atom. The monoisotopic (exact) mass is 441 g/mol. The van der Waals surface area contributed by atoms with Gasteiger partial charge in [-0.25, -0.2) is 4.79 Å². The van der Waals surface area contributed by atoms with E-state index in [0.29, 0.717) is 45.1 Å². The number of carbonyl (C=O) groups excluding carboxylic acids is 3. The summed E-state index contributed by atoms with van der Waals surface area (Å²) in [7, 11) is 1.59. The third-order valence-electron chi connectivity index (χ3n) is 6.87. The van der Waals surface area contributed by atoms with Crippen LogP contribution in [0.1, 0.15) is 6.92 Å². The average Bonchev–Trinajstić information content (AvgIpc) is 3.47. The van der Waals surface area contributed by atoms with Gasteiger partial charge in [0.05, 0.1) is 38.2 Å². The fourth-order valence-corrected chi connectivity index (χ4v) is 5.31. The van der Waals surface area contributed by atoms with Gasteiger partial charge in [0.25, 0.3) is 0 Å². The minimum atomic E-state index is -0.780. The fraction of sp³-hybridized carbons (Fsp3) is 0.522. The Balaban J connectivity index is 1.33. The van der Waals surface area contributed by atoms with Crippen molar-refractivity contribution in [1.29, 1.82) is 0 Å². The molecule has 2 bridgehead atoms. The summed E-state index contributed by atoms with van der Waals surface area (Å²) in [6.07, 6.45) is 3.11. The molecule has 2 unspecified atom stereocenters. The van der Waals surface area contributed by atoms with Crippen molar-refractivity contribution in [1.82, 2.24) is 9.80 Å². The summed E-state index contributed by atoms with van der Waals surface area (Å²) in [6.45, 7) is 4.12. The molecule has 5 rings (SSSR count). The Bertz CT molecular complexity index is 972. The first kappa shape index (κ1) is 20.8. The maximum absolute atomic E-state index is 13.5. The van der Waals surface area contributed by atoms with Crippen LogP contribution in [0.15, 0.2) is 36.4 Å². The van der Waals surface area contributed by atoms with Gasteiger partial charge in [-0.15, -0.1) is 0 Å². The molecule has 0 aromatic heterocycles. The lowest BCUT2D eigenvalue weighted by Gasteiger charge is -2.36. The minimum absolute atomic E-state index is 0.0874. The molecule has 1 aromatic rings. The number of carbonyl (C=O) groups is 3. The van der Waals surface area contributed by atoms with E-state index in [-0.39, 0.29) is 17.9 Å². The minimum Gasteiger partial charge on any atom is -0.497 e. The van der Waals surface area contributed by atoms with Gasteiger partial charge in [0, 0.05) is 37.9 Å². The molecule has 3 amide bonds. The van der Waals surface area contributed by atoms with Crippen molar-refractivity contribution in [3.05, 3.63) is 36.4 Å². The second-order valence-corrected chi connectivity index (χ2v) is 8.54. The Morgan fingerprint density at radius 2 is 1.94 bits per heavy atom. The molecule has 3 saturated heterocycles. The molecular formula is C23H27N3O6. The maximum Gasteiger partial charge on any atom is 0.409 e. The van der Waals surface area contributed by atoms with Gasteiger partial charge in [-0.2, -0.15) is 0 Å². The van der Waals surface area contributed by atoms with Crippen LogP contribution in [0.4, 0.5) is 10.5 Å². The highest BCUT2D eigenvalue weighted by molar-refractivity contribution is 6.03. The number of amides is 3. The highest BCUT2D eigenvalue weighted by Gasteiger charge is 2.67. The van der Waals surface area contributed by atoms with Crippen molar-refractivity contribution >= 4 is 23.6 Å². The van der Waals surface area contributed by atoms with Crippen molar-refractivity contribution in [2.75, 3.05) is 51.3 Å². The summed E-state index contributed by atoms with van der Waals surface area (Å²) < 4.78 is 16.6. The molecule has 32 heavy (non-hydrogen) atoms. The second kappa shape index (κ2) is 7.81. The normalized spacial score (nSPS) is 30.6. The molecule has 170 valence electrons. The summed E-state index contributed by atoms with van der Waals surface area (Å²) in [4.78, 5) is 44.0. The van der Waals surface area contributed by atoms with E-state index in [4.69, 9.17) is 14.2 Å². The third kappa shape index (κ3) is 3.14. The molecule has 9 nitrogen and oxygen atoms in total. The molecule has 1 aromatic carbocycles. The molecule has 0 N–H and O–H groups in total. The van der Waals surface area contributed by atoms with Crippen LogP contribution in [0.5, 0.6) is 5.75 Å². The highest BCUT2D eigenvalue weighted by Crippen LogP contribution is 2.53. The van der Waals surface area contributed by atoms with E-state index in [1.165, 1.54) is 0 Å². The summed E-state index contributed by atoms with van der Waals surface area (Å²) in [5.41, 5.74) is -0.0504. The van der Waals surface area contributed by atoms with E-state index in [9.17, 15) is 14.4 Å². The molecule has 0 radical (unpaired) electrons. The predicted molar refractivity (Wildman–Crippen MR) is 114 cm³/mol. The molecule has 4 aliphatic rings. The van der Waals surface area contributed by atoms with Crippen molar-refractivity contribution in [2.24, 2.45) is 11.8 Å². The number of benzene rings is 1. The van der Waals surface area contributed by atoms with Crippen molar-refractivity contribution in [3.8, 4) is 5.75 Å². The summed E-state index contributed by atoms with van der Waals surface area (Å²) in [5.74, 6) is -0.640.